The first-order chi connectivity index (χ1) is 26.9. The Balaban J connectivity index is 1.30. The molecule has 0 saturated carbocycles. The summed E-state index contributed by atoms with van der Waals surface area (Å²) in [4.78, 5) is 36.3. The van der Waals surface area contributed by atoms with Crippen molar-refractivity contribution in [2.75, 3.05) is 83.7 Å². The molecule has 0 aromatic heterocycles. The van der Waals surface area contributed by atoms with Crippen LogP contribution >= 0.6 is 11.6 Å². The lowest BCUT2D eigenvalue weighted by atomic mass is 9.70. The standard InChI is InChI=1S/C41H55ClFN5O7S/c1-28-7-11-35(43)38(40(51)46(17-20-49)16-15-45-18-21-54-22-19-45)48-14-4-6-33(48)25-47-26-41(13-3-5-30-23-32(42)9-10-34(30)41)27-55-37-12-8-31(24-36(37)47)39(50)44-56(52,53)29(28)2/h8-12,23-24,28-29,33,38,49H,3-7,13-22,25-27H2,1-2H3,(H,44,50)/b35-11-/t28-,29+,33-,38+,41-/m0/s1. The van der Waals surface area contributed by atoms with Gasteiger partial charge in [0.2, 0.25) is 15.9 Å². The van der Waals surface area contributed by atoms with Gasteiger partial charge in [-0.25, -0.2) is 17.5 Å². The lowest BCUT2D eigenvalue weighted by molar-refractivity contribution is -0.137. The number of nitrogens with zero attached hydrogens (tertiary/aromatic N) is 4. The van der Waals surface area contributed by atoms with E-state index in [-0.39, 0.29) is 31.2 Å². The minimum absolute atomic E-state index is 0.0341. The summed E-state index contributed by atoms with van der Waals surface area (Å²) in [6, 6.07) is 9.52. The number of aliphatic hydroxyl groups is 1. The normalized spacial score (nSPS) is 29.6. The smallest absolute Gasteiger partial charge is 0.264 e. The third-order valence-electron chi connectivity index (χ3n) is 12.7. The van der Waals surface area contributed by atoms with Gasteiger partial charge in [-0.1, -0.05) is 30.7 Å². The molecule has 2 aromatic rings. The molecule has 7 rings (SSSR count). The van der Waals surface area contributed by atoms with Crippen LogP contribution in [0.4, 0.5) is 10.1 Å². The monoisotopic (exact) mass is 815 g/mol. The zero-order valence-corrected chi connectivity index (χ0v) is 34.0. The Morgan fingerprint density at radius 1 is 1.11 bits per heavy atom. The summed E-state index contributed by atoms with van der Waals surface area (Å²) in [5.74, 6) is -1.83. The Hall–Kier alpha value is -3.27. The number of anilines is 1. The Kier molecular flexibility index (Phi) is 12.6. The highest BCUT2D eigenvalue weighted by Gasteiger charge is 2.45. The summed E-state index contributed by atoms with van der Waals surface area (Å²) in [5, 5.41) is 9.73. The van der Waals surface area contributed by atoms with Crippen LogP contribution in [0.3, 0.4) is 0 Å². The van der Waals surface area contributed by atoms with Gasteiger partial charge in [0.25, 0.3) is 5.91 Å². The number of allylic oxidation sites excluding steroid dienone is 1. The van der Waals surface area contributed by atoms with Gasteiger partial charge in [-0.2, -0.15) is 0 Å². The second-order valence-electron chi connectivity index (χ2n) is 16.2. The molecular weight excluding hydrogens is 761 g/mol. The number of ether oxygens (including phenoxy) is 2. The van der Waals surface area contributed by atoms with Crippen LogP contribution in [0.15, 0.2) is 48.3 Å². The second-order valence-corrected chi connectivity index (χ2v) is 18.7. The summed E-state index contributed by atoms with van der Waals surface area (Å²) < 4.78 is 58.6. The largest absolute Gasteiger partial charge is 0.490 e. The van der Waals surface area contributed by atoms with Crippen molar-refractivity contribution in [2.24, 2.45) is 5.92 Å². The third kappa shape index (κ3) is 8.61. The molecule has 0 radical (unpaired) electrons. The van der Waals surface area contributed by atoms with E-state index in [1.165, 1.54) is 18.6 Å². The number of hydrogen-bond donors (Lipinski definition) is 2. The number of morpholine rings is 1. The van der Waals surface area contributed by atoms with E-state index in [0.717, 1.165) is 44.3 Å². The van der Waals surface area contributed by atoms with Crippen molar-refractivity contribution >= 4 is 39.1 Å². The minimum atomic E-state index is -4.17. The van der Waals surface area contributed by atoms with E-state index in [4.69, 9.17) is 21.1 Å². The first-order valence-corrected chi connectivity index (χ1v) is 22.0. The van der Waals surface area contributed by atoms with E-state index in [0.29, 0.717) is 75.4 Å². The van der Waals surface area contributed by atoms with Gasteiger partial charge in [-0.05, 0) is 99.4 Å². The van der Waals surface area contributed by atoms with Crippen LogP contribution in [0.25, 0.3) is 0 Å². The fourth-order valence-corrected chi connectivity index (χ4v) is 10.7. The molecule has 12 nitrogen and oxygen atoms in total. The maximum absolute atomic E-state index is 17.0. The zero-order chi connectivity index (χ0) is 39.6. The predicted molar refractivity (Wildman–Crippen MR) is 213 cm³/mol. The number of hydrogen-bond acceptors (Lipinski definition) is 10. The Morgan fingerprint density at radius 3 is 2.70 bits per heavy atom. The third-order valence-corrected chi connectivity index (χ3v) is 14.8. The molecule has 2 amide bonds. The molecule has 2 N–H and O–H groups in total. The number of aryl methyl sites for hydroxylation is 1. The van der Waals surface area contributed by atoms with Gasteiger partial charge in [0.15, 0.2) is 0 Å². The molecule has 1 spiro atoms. The Bertz CT molecular complexity index is 1910. The van der Waals surface area contributed by atoms with Crippen molar-refractivity contribution in [1.82, 2.24) is 19.4 Å². The summed E-state index contributed by atoms with van der Waals surface area (Å²) in [5.41, 5.74) is 2.71. The molecule has 4 aliphatic heterocycles. The van der Waals surface area contributed by atoms with Crippen LogP contribution < -0.4 is 14.4 Å². The molecule has 4 heterocycles. The van der Waals surface area contributed by atoms with Crippen molar-refractivity contribution in [3.05, 3.63) is 70.0 Å². The van der Waals surface area contributed by atoms with Gasteiger partial charge in [0.05, 0.1) is 37.4 Å². The molecule has 5 aliphatic rings. The van der Waals surface area contributed by atoms with Crippen molar-refractivity contribution in [2.45, 2.75) is 75.1 Å². The van der Waals surface area contributed by atoms with Gasteiger partial charge in [-0.15, -0.1) is 0 Å². The number of nitrogens with one attached hydrogen (secondary N) is 1. The number of aliphatic hydroxyl groups excluding tert-OH is 1. The van der Waals surface area contributed by atoms with Gasteiger partial charge in [0.1, 0.15) is 17.6 Å². The van der Waals surface area contributed by atoms with E-state index in [2.05, 4.69) is 20.6 Å². The van der Waals surface area contributed by atoms with Gasteiger partial charge < -0.3 is 24.4 Å². The van der Waals surface area contributed by atoms with Crippen LogP contribution in [0.2, 0.25) is 5.02 Å². The lowest BCUT2D eigenvalue weighted by Crippen LogP contribution is -2.55. The molecule has 2 bridgehead atoms. The van der Waals surface area contributed by atoms with Gasteiger partial charge >= 0.3 is 0 Å². The quantitative estimate of drug-likeness (QED) is 0.439. The van der Waals surface area contributed by atoms with Crippen molar-refractivity contribution < 1.29 is 37.0 Å². The number of benzene rings is 2. The van der Waals surface area contributed by atoms with Crippen LogP contribution in [-0.2, 0) is 31.4 Å². The average Bonchev–Trinajstić information content (AvgIpc) is 3.57. The highest BCUT2D eigenvalue weighted by molar-refractivity contribution is 7.90. The van der Waals surface area contributed by atoms with Crippen molar-refractivity contribution in [3.63, 3.8) is 0 Å². The Labute approximate surface area is 335 Å². The molecule has 2 aromatic carbocycles. The fourth-order valence-electron chi connectivity index (χ4n) is 9.22. The highest BCUT2D eigenvalue weighted by atomic mass is 35.5. The maximum Gasteiger partial charge on any atom is 0.264 e. The van der Waals surface area contributed by atoms with E-state index in [9.17, 15) is 23.1 Å². The predicted octanol–water partition coefficient (Wildman–Crippen LogP) is 4.14. The van der Waals surface area contributed by atoms with Crippen LogP contribution in [0, 0.1) is 5.92 Å². The van der Waals surface area contributed by atoms with Crippen LogP contribution in [-0.4, -0.2) is 136 Å². The van der Waals surface area contributed by atoms with Crippen LogP contribution in [0.5, 0.6) is 5.75 Å². The van der Waals surface area contributed by atoms with Crippen LogP contribution in [0.1, 0.15) is 67.4 Å². The molecule has 1 aliphatic carbocycles. The highest BCUT2D eigenvalue weighted by Crippen LogP contribution is 2.45. The first-order valence-electron chi connectivity index (χ1n) is 20.1. The van der Waals surface area contributed by atoms with E-state index in [1.54, 1.807) is 30.0 Å². The summed E-state index contributed by atoms with van der Waals surface area (Å²) in [7, 11) is -4.17. The van der Waals surface area contributed by atoms with Gasteiger partial charge in [0, 0.05) is 67.9 Å². The van der Waals surface area contributed by atoms with E-state index < -0.39 is 50.3 Å². The number of sulfonamides is 1. The molecule has 306 valence electrons. The van der Waals surface area contributed by atoms with Gasteiger partial charge in [-0.3, -0.25) is 19.4 Å². The average molecular weight is 816 g/mol. The van der Waals surface area contributed by atoms with E-state index in [1.807, 2.05) is 17.0 Å². The Morgan fingerprint density at radius 2 is 1.91 bits per heavy atom. The number of fused-ring (bicyclic) bond motifs is 4. The molecule has 2 fully saturated rings. The number of halogens is 2. The molecular formula is C41H55ClFN5O7S. The maximum atomic E-state index is 17.0. The summed E-state index contributed by atoms with van der Waals surface area (Å²) >= 11 is 6.47. The molecule has 15 heteroatoms. The number of rotatable bonds is 6. The number of amides is 2. The molecule has 0 unspecified atom stereocenters. The first kappa shape index (κ1) is 40.9. The topological polar surface area (TPSA) is 132 Å². The second kappa shape index (κ2) is 17.3. The summed E-state index contributed by atoms with van der Waals surface area (Å²) in [6.07, 6.45) is 5.50. The fraction of sp³-hybridized carbons (Fsp3) is 0.610. The SMILES string of the molecule is C[C@@H]1[C@@H](C)C/C=C(\F)[C@H](C(=O)N(CCO)CCN2CCOCC2)N2CCC[C@H]2CN2C[C@@]3(CCCc4cc(Cl)ccc43)COc3ccc(cc32)C(=O)NS1(=O)=O. The summed E-state index contributed by atoms with van der Waals surface area (Å²) in [6.45, 7) is 8.32. The molecule has 2 saturated heterocycles. The van der Waals surface area contributed by atoms with E-state index >= 15 is 4.39 Å². The zero-order valence-electron chi connectivity index (χ0n) is 32.4. The lowest BCUT2D eigenvalue weighted by Gasteiger charge is -2.42. The number of carbonyl (C=O) groups excluding carboxylic acids is 2. The molecule has 56 heavy (non-hydrogen) atoms. The molecule has 5 atom stereocenters. The number of carbonyl (C=O) groups is 2. The van der Waals surface area contributed by atoms with Crippen molar-refractivity contribution in [3.8, 4) is 5.75 Å². The van der Waals surface area contributed by atoms with Crippen molar-refractivity contribution in [1.29, 1.82) is 0 Å². The minimum Gasteiger partial charge on any atom is -0.490 e.